The normalized spacial score (nSPS) is 10.6. The molecule has 0 aliphatic heterocycles. The molecule has 0 bridgehead atoms. The largest absolute Gasteiger partial charge is 0.507 e. The molecule has 3 aromatic carbocycles. The summed E-state index contributed by atoms with van der Waals surface area (Å²) in [6, 6.07) is 24.4. The van der Waals surface area contributed by atoms with Gasteiger partial charge in [-0.2, -0.15) is 0 Å². The van der Waals surface area contributed by atoms with Gasteiger partial charge in [-0.05, 0) is 23.1 Å². The fourth-order valence-electron chi connectivity index (χ4n) is 2.89. The molecule has 22 heavy (non-hydrogen) atoms. The minimum absolute atomic E-state index is 0.378. The molecule has 0 aliphatic carbocycles. The predicted molar refractivity (Wildman–Crippen MR) is 93.0 cm³/mol. The van der Waals surface area contributed by atoms with E-state index >= 15 is 0 Å². The van der Waals surface area contributed by atoms with Gasteiger partial charge in [0.05, 0.1) is 0 Å². The van der Waals surface area contributed by atoms with Crippen molar-refractivity contribution >= 4 is 0 Å². The van der Waals surface area contributed by atoms with E-state index in [0.29, 0.717) is 5.75 Å². The minimum atomic E-state index is 0.378. The van der Waals surface area contributed by atoms with Gasteiger partial charge >= 0.3 is 0 Å². The quantitative estimate of drug-likeness (QED) is 0.655. The molecule has 0 spiro atoms. The lowest BCUT2D eigenvalue weighted by Gasteiger charge is -2.15. The van der Waals surface area contributed by atoms with E-state index in [2.05, 4.69) is 25.1 Å². The Kier molecular flexibility index (Phi) is 4.24. The van der Waals surface area contributed by atoms with Gasteiger partial charge in [-0.1, -0.05) is 86.1 Å². The van der Waals surface area contributed by atoms with Gasteiger partial charge in [0.1, 0.15) is 5.75 Å². The Bertz CT molecular complexity index is 746. The summed E-state index contributed by atoms with van der Waals surface area (Å²) in [4.78, 5) is 0. The standard InChI is InChI=1S/C21H20O/c1-2-9-17-14-15-19(16-10-5-3-6-11-16)21(22)20(17)18-12-7-4-8-13-18/h3-8,10-15,22H,2,9H2,1H3. The summed E-state index contributed by atoms with van der Waals surface area (Å²) >= 11 is 0. The van der Waals surface area contributed by atoms with Gasteiger partial charge in [0.2, 0.25) is 0 Å². The summed E-state index contributed by atoms with van der Waals surface area (Å²) in [5, 5.41) is 10.9. The van der Waals surface area contributed by atoms with E-state index in [4.69, 9.17) is 0 Å². The number of hydrogen-bond acceptors (Lipinski definition) is 1. The van der Waals surface area contributed by atoms with Crippen LogP contribution in [0, 0.1) is 0 Å². The summed E-state index contributed by atoms with van der Waals surface area (Å²) in [5.41, 5.74) is 5.16. The number of phenols is 1. The van der Waals surface area contributed by atoms with Crippen molar-refractivity contribution < 1.29 is 5.11 Å². The van der Waals surface area contributed by atoms with Crippen molar-refractivity contribution in [3.05, 3.63) is 78.4 Å². The number of hydrogen-bond donors (Lipinski definition) is 1. The number of aromatic hydroxyl groups is 1. The fraction of sp³-hybridized carbons (Fsp3) is 0.143. The first kappa shape index (κ1) is 14.4. The van der Waals surface area contributed by atoms with Crippen LogP contribution in [0.2, 0.25) is 0 Å². The second kappa shape index (κ2) is 6.48. The van der Waals surface area contributed by atoms with Gasteiger partial charge in [-0.3, -0.25) is 0 Å². The van der Waals surface area contributed by atoms with E-state index in [9.17, 15) is 5.11 Å². The maximum atomic E-state index is 10.9. The molecule has 0 aliphatic rings. The average molecular weight is 288 g/mol. The van der Waals surface area contributed by atoms with Crippen LogP contribution in [0.4, 0.5) is 0 Å². The molecule has 3 rings (SSSR count). The van der Waals surface area contributed by atoms with Crippen LogP contribution in [0.25, 0.3) is 22.3 Å². The summed E-state index contributed by atoms with van der Waals surface area (Å²) < 4.78 is 0. The minimum Gasteiger partial charge on any atom is -0.507 e. The maximum absolute atomic E-state index is 10.9. The summed E-state index contributed by atoms with van der Waals surface area (Å²) in [6.07, 6.45) is 2.02. The Hall–Kier alpha value is -2.54. The van der Waals surface area contributed by atoms with Crippen LogP contribution >= 0.6 is 0 Å². The van der Waals surface area contributed by atoms with Crippen molar-refractivity contribution in [2.24, 2.45) is 0 Å². The fourth-order valence-corrected chi connectivity index (χ4v) is 2.89. The number of benzene rings is 3. The van der Waals surface area contributed by atoms with E-state index in [1.54, 1.807) is 0 Å². The highest BCUT2D eigenvalue weighted by molar-refractivity contribution is 5.84. The number of aryl methyl sites for hydroxylation is 1. The number of phenolic OH excluding ortho intramolecular Hbond substituents is 1. The molecule has 1 heteroatoms. The molecule has 1 N–H and O–H groups in total. The predicted octanol–water partition coefficient (Wildman–Crippen LogP) is 5.68. The Morgan fingerprint density at radius 2 is 1.32 bits per heavy atom. The lowest BCUT2D eigenvalue weighted by molar-refractivity contribution is 0.478. The molecular weight excluding hydrogens is 268 g/mol. The van der Waals surface area contributed by atoms with Crippen molar-refractivity contribution in [1.29, 1.82) is 0 Å². The van der Waals surface area contributed by atoms with E-state index < -0.39 is 0 Å². The zero-order valence-electron chi connectivity index (χ0n) is 12.8. The van der Waals surface area contributed by atoms with Gasteiger partial charge in [0.15, 0.2) is 0 Å². The van der Waals surface area contributed by atoms with Crippen LogP contribution in [0.3, 0.4) is 0 Å². The van der Waals surface area contributed by atoms with E-state index in [0.717, 1.165) is 35.1 Å². The Morgan fingerprint density at radius 1 is 0.727 bits per heavy atom. The van der Waals surface area contributed by atoms with Crippen LogP contribution < -0.4 is 0 Å². The molecule has 110 valence electrons. The topological polar surface area (TPSA) is 20.2 Å². The van der Waals surface area contributed by atoms with Crippen LogP contribution in [0.1, 0.15) is 18.9 Å². The van der Waals surface area contributed by atoms with E-state index in [1.165, 1.54) is 5.56 Å². The lowest BCUT2D eigenvalue weighted by Crippen LogP contribution is -1.92. The number of rotatable bonds is 4. The molecule has 0 unspecified atom stereocenters. The Morgan fingerprint density at radius 3 is 1.91 bits per heavy atom. The smallest absolute Gasteiger partial charge is 0.131 e. The molecule has 3 aromatic rings. The van der Waals surface area contributed by atoms with Gasteiger partial charge in [0, 0.05) is 11.1 Å². The summed E-state index contributed by atoms with van der Waals surface area (Å²) in [6.45, 7) is 2.16. The molecule has 0 aromatic heterocycles. The monoisotopic (exact) mass is 288 g/mol. The first-order valence-corrected chi connectivity index (χ1v) is 7.77. The zero-order valence-corrected chi connectivity index (χ0v) is 12.8. The second-order valence-corrected chi connectivity index (χ2v) is 5.48. The highest BCUT2D eigenvalue weighted by Crippen LogP contribution is 2.40. The second-order valence-electron chi connectivity index (χ2n) is 5.48. The molecule has 0 heterocycles. The molecule has 0 radical (unpaired) electrons. The van der Waals surface area contributed by atoms with Gasteiger partial charge < -0.3 is 5.11 Å². The third kappa shape index (κ3) is 2.75. The summed E-state index contributed by atoms with van der Waals surface area (Å²) in [5.74, 6) is 0.378. The van der Waals surface area contributed by atoms with Crippen LogP contribution in [0.15, 0.2) is 72.8 Å². The van der Waals surface area contributed by atoms with E-state index in [1.807, 2.05) is 54.6 Å². The third-order valence-electron chi connectivity index (χ3n) is 3.93. The molecular formula is C21H20O. The highest BCUT2D eigenvalue weighted by Gasteiger charge is 2.14. The van der Waals surface area contributed by atoms with Crippen molar-refractivity contribution in [3.63, 3.8) is 0 Å². The molecule has 0 fully saturated rings. The van der Waals surface area contributed by atoms with Crippen molar-refractivity contribution in [3.8, 4) is 28.0 Å². The summed E-state index contributed by atoms with van der Waals surface area (Å²) in [7, 11) is 0. The molecule has 0 saturated carbocycles. The van der Waals surface area contributed by atoms with Crippen LogP contribution in [-0.2, 0) is 6.42 Å². The molecule has 1 nitrogen and oxygen atoms in total. The van der Waals surface area contributed by atoms with Crippen molar-refractivity contribution in [1.82, 2.24) is 0 Å². The first-order chi connectivity index (χ1) is 10.8. The average Bonchev–Trinajstić information content (AvgIpc) is 2.57. The Balaban J connectivity index is 2.21. The Labute approximate surface area is 131 Å². The molecule has 0 saturated heterocycles. The van der Waals surface area contributed by atoms with Gasteiger partial charge in [-0.15, -0.1) is 0 Å². The van der Waals surface area contributed by atoms with Gasteiger partial charge in [0.25, 0.3) is 0 Å². The maximum Gasteiger partial charge on any atom is 0.131 e. The zero-order chi connectivity index (χ0) is 15.4. The first-order valence-electron chi connectivity index (χ1n) is 7.77. The van der Waals surface area contributed by atoms with Crippen LogP contribution in [-0.4, -0.2) is 5.11 Å². The van der Waals surface area contributed by atoms with Crippen LogP contribution in [0.5, 0.6) is 5.75 Å². The molecule has 0 atom stereocenters. The molecule has 0 amide bonds. The van der Waals surface area contributed by atoms with Crippen molar-refractivity contribution in [2.75, 3.05) is 0 Å². The van der Waals surface area contributed by atoms with Gasteiger partial charge in [-0.25, -0.2) is 0 Å². The SMILES string of the molecule is CCCc1ccc(-c2ccccc2)c(O)c1-c1ccccc1. The van der Waals surface area contributed by atoms with Crippen molar-refractivity contribution in [2.45, 2.75) is 19.8 Å². The van der Waals surface area contributed by atoms with E-state index in [-0.39, 0.29) is 0 Å². The highest BCUT2D eigenvalue weighted by atomic mass is 16.3. The third-order valence-corrected chi connectivity index (χ3v) is 3.93. The lowest BCUT2D eigenvalue weighted by atomic mass is 9.91.